The summed E-state index contributed by atoms with van der Waals surface area (Å²) in [4.78, 5) is 18.3. The molecule has 1 fully saturated rings. The van der Waals surface area contributed by atoms with Crippen LogP contribution < -0.4 is 5.73 Å². The molecule has 1 atom stereocenters. The maximum atomic E-state index is 11.2. The van der Waals surface area contributed by atoms with Gasteiger partial charge in [-0.25, -0.2) is 4.98 Å². The summed E-state index contributed by atoms with van der Waals surface area (Å²) in [5, 5.41) is 10.3. The number of hydrogen-bond acceptors (Lipinski definition) is 5. The van der Waals surface area contributed by atoms with Gasteiger partial charge < -0.3 is 5.73 Å². The number of piperidine rings is 1. The third-order valence-corrected chi connectivity index (χ3v) is 5.44. The molecular weight excluding hydrogens is 310 g/mol. The summed E-state index contributed by atoms with van der Waals surface area (Å²) in [6, 6.07) is 1.79. The van der Waals surface area contributed by atoms with Crippen molar-refractivity contribution in [2.75, 3.05) is 13.1 Å². The number of hydrogen-bond donors (Lipinski definition) is 2. The zero-order valence-electron chi connectivity index (χ0n) is 13.6. The number of thiazole rings is 1. The van der Waals surface area contributed by atoms with Gasteiger partial charge in [-0.3, -0.25) is 14.8 Å². The van der Waals surface area contributed by atoms with Gasteiger partial charge >= 0.3 is 0 Å². The molecule has 2 aromatic heterocycles. The molecule has 0 spiro atoms. The number of primary amides is 1. The topological polar surface area (TPSA) is 87.9 Å². The number of amides is 1. The fourth-order valence-electron chi connectivity index (χ4n) is 3.01. The van der Waals surface area contributed by atoms with E-state index in [1.807, 2.05) is 0 Å². The first kappa shape index (κ1) is 16.1. The van der Waals surface area contributed by atoms with Gasteiger partial charge in [0, 0.05) is 36.0 Å². The molecule has 3 heterocycles. The predicted octanol–water partition coefficient (Wildman–Crippen LogP) is 2.47. The normalized spacial score (nSPS) is 19.3. The molecule has 23 heavy (non-hydrogen) atoms. The second-order valence-corrected chi connectivity index (χ2v) is 7.37. The van der Waals surface area contributed by atoms with E-state index in [9.17, 15) is 4.79 Å². The van der Waals surface area contributed by atoms with Crippen LogP contribution in [0.3, 0.4) is 0 Å². The van der Waals surface area contributed by atoms with Crippen LogP contribution >= 0.6 is 11.3 Å². The number of nitrogens with two attached hydrogens (primary N) is 1. The lowest BCUT2D eigenvalue weighted by atomic mass is 9.94. The Balaban J connectivity index is 1.64. The highest BCUT2D eigenvalue weighted by molar-refractivity contribution is 7.09. The van der Waals surface area contributed by atoms with Crippen LogP contribution in [0.5, 0.6) is 0 Å². The lowest BCUT2D eigenvalue weighted by Crippen LogP contribution is -2.34. The minimum Gasteiger partial charge on any atom is -0.364 e. The van der Waals surface area contributed by atoms with Crippen LogP contribution in [0.15, 0.2) is 11.4 Å². The van der Waals surface area contributed by atoms with Crippen LogP contribution in [-0.2, 0) is 6.54 Å². The second kappa shape index (κ2) is 6.80. The van der Waals surface area contributed by atoms with Crippen LogP contribution in [0, 0.1) is 0 Å². The smallest absolute Gasteiger partial charge is 0.269 e. The van der Waals surface area contributed by atoms with E-state index in [4.69, 9.17) is 10.7 Å². The summed E-state index contributed by atoms with van der Waals surface area (Å²) >= 11 is 1.74. The van der Waals surface area contributed by atoms with E-state index < -0.39 is 5.91 Å². The fourth-order valence-corrected chi connectivity index (χ4v) is 3.84. The molecule has 1 saturated heterocycles. The number of nitrogens with zero attached hydrogens (tertiary/aromatic N) is 3. The Morgan fingerprint density at radius 2 is 2.39 bits per heavy atom. The number of likely N-dealkylation sites (tertiary alicyclic amines) is 1. The number of aromatic nitrogens is 3. The van der Waals surface area contributed by atoms with E-state index in [0.717, 1.165) is 43.9 Å². The van der Waals surface area contributed by atoms with Crippen molar-refractivity contribution in [3.8, 4) is 0 Å². The Kier molecular flexibility index (Phi) is 4.77. The zero-order chi connectivity index (χ0) is 16.4. The highest BCUT2D eigenvalue weighted by Gasteiger charge is 2.24. The van der Waals surface area contributed by atoms with Crippen molar-refractivity contribution in [1.82, 2.24) is 20.1 Å². The molecule has 2 aromatic rings. The van der Waals surface area contributed by atoms with Gasteiger partial charge in [0.1, 0.15) is 5.69 Å². The molecule has 6 nitrogen and oxygen atoms in total. The van der Waals surface area contributed by atoms with Gasteiger partial charge in [-0.15, -0.1) is 11.3 Å². The molecule has 0 aromatic carbocycles. The van der Waals surface area contributed by atoms with Crippen molar-refractivity contribution in [1.29, 1.82) is 0 Å². The summed E-state index contributed by atoms with van der Waals surface area (Å²) < 4.78 is 0. The number of H-pyrrole nitrogens is 1. The molecule has 0 radical (unpaired) electrons. The summed E-state index contributed by atoms with van der Waals surface area (Å²) in [6.07, 6.45) is 2.24. The number of carbonyl (C=O) groups is 1. The van der Waals surface area contributed by atoms with Crippen molar-refractivity contribution in [2.45, 2.75) is 45.1 Å². The maximum absolute atomic E-state index is 11.2. The minimum absolute atomic E-state index is 0.318. The molecule has 0 aliphatic carbocycles. The zero-order valence-corrected chi connectivity index (χ0v) is 14.4. The lowest BCUT2D eigenvalue weighted by molar-refractivity contribution is 0.0995. The monoisotopic (exact) mass is 333 g/mol. The van der Waals surface area contributed by atoms with Crippen LogP contribution in [-0.4, -0.2) is 39.1 Å². The molecule has 0 bridgehead atoms. The Bertz CT molecular complexity index is 678. The van der Waals surface area contributed by atoms with Gasteiger partial charge in [0.25, 0.3) is 5.91 Å². The minimum atomic E-state index is -0.483. The molecule has 3 rings (SSSR count). The first-order chi connectivity index (χ1) is 11.0. The quantitative estimate of drug-likeness (QED) is 0.880. The Morgan fingerprint density at radius 1 is 1.57 bits per heavy atom. The molecule has 0 saturated carbocycles. The van der Waals surface area contributed by atoms with Crippen molar-refractivity contribution >= 4 is 17.2 Å². The highest BCUT2D eigenvalue weighted by atomic mass is 32.1. The van der Waals surface area contributed by atoms with Crippen LogP contribution in [0.2, 0.25) is 0 Å². The molecular formula is C16H23N5OS. The Hall–Kier alpha value is -1.73. The summed E-state index contributed by atoms with van der Waals surface area (Å²) in [6.45, 7) is 7.27. The number of rotatable bonds is 5. The van der Waals surface area contributed by atoms with E-state index in [2.05, 4.69) is 34.3 Å². The molecule has 1 amide bonds. The van der Waals surface area contributed by atoms with Gasteiger partial charge in [0.2, 0.25) is 0 Å². The Labute approximate surface area is 140 Å². The first-order valence-electron chi connectivity index (χ1n) is 8.04. The van der Waals surface area contributed by atoms with E-state index in [1.54, 1.807) is 17.4 Å². The molecule has 1 aliphatic rings. The van der Waals surface area contributed by atoms with Gasteiger partial charge in [-0.05, 0) is 25.5 Å². The van der Waals surface area contributed by atoms with Gasteiger partial charge in [-0.2, -0.15) is 5.10 Å². The van der Waals surface area contributed by atoms with Crippen molar-refractivity contribution in [2.24, 2.45) is 5.73 Å². The van der Waals surface area contributed by atoms with E-state index in [1.165, 1.54) is 5.01 Å². The summed E-state index contributed by atoms with van der Waals surface area (Å²) in [5.74, 6) is 0.372. The van der Waals surface area contributed by atoms with Crippen LogP contribution in [0.4, 0.5) is 0 Å². The standard InChI is InChI=1S/C16H23N5OS/c1-10(2)16-18-12(9-23-16)8-21-5-3-4-11(7-21)13-6-14(15(17)22)20-19-13/h6,9-11H,3-5,7-8H2,1-2H3,(H2,17,22)(H,19,20)/t11-/m1/s1. The summed E-state index contributed by atoms with van der Waals surface area (Å²) in [7, 11) is 0. The number of aromatic amines is 1. The highest BCUT2D eigenvalue weighted by Crippen LogP contribution is 2.27. The van der Waals surface area contributed by atoms with Crippen molar-refractivity contribution in [3.63, 3.8) is 0 Å². The fraction of sp³-hybridized carbons (Fsp3) is 0.562. The maximum Gasteiger partial charge on any atom is 0.269 e. The van der Waals surface area contributed by atoms with E-state index in [-0.39, 0.29) is 0 Å². The van der Waals surface area contributed by atoms with E-state index >= 15 is 0 Å². The second-order valence-electron chi connectivity index (χ2n) is 6.48. The Morgan fingerprint density at radius 3 is 3.04 bits per heavy atom. The van der Waals surface area contributed by atoms with Crippen molar-refractivity contribution in [3.05, 3.63) is 33.5 Å². The van der Waals surface area contributed by atoms with Gasteiger partial charge in [0.05, 0.1) is 10.7 Å². The summed E-state index contributed by atoms with van der Waals surface area (Å²) in [5.41, 5.74) is 7.75. The van der Waals surface area contributed by atoms with Crippen molar-refractivity contribution < 1.29 is 4.79 Å². The SMILES string of the molecule is CC(C)c1nc(CN2CCC[C@@H](c3cc(C(N)=O)n[nH]3)C2)cs1. The van der Waals surface area contributed by atoms with Gasteiger partial charge in [0.15, 0.2) is 0 Å². The average molecular weight is 333 g/mol. The molecule has 0 unspecified atom stereocenters. The predicted molar refractivity (Wildman–Crippen MR) is 90.6 cm³/mol. The number of carbonyl (C=O) groups excluding carboxylic acids is 1. The molecule has 124 valence electrons. The first-order valence-corrected chi connectivity index (χ1v) is 8.92. The molecule has 7 heteroatoms. The molecule has 3 N–H and O–H groups in total. The van der Waals surface area contributed by atoms with E-state index in [0.29, 0.717) is 17.5 Å². The third kappa shape index (κ3) is 3.79. The van der Waals surface area contributed by atoms with Crippen LogP contribution in [0.25, 0.3) is 0 Å². The van der Waals surface area contributed by atoms with Crippen LogP contribution in [0.1, 0.15) is 65.4 Å². The largest absolute Gasteiger partial charge is 0.364 e. The lowest BCUT2D eigenvalue weighted by Gasteiger charge is -2.31. The number of nitrogens with one attached hydrogen (secondary N) is 1. The average Bonchev–Trinajstić information content (AvgIpc) is 3.16. The van der Waals surface area contributed by atoms with Gasteiger partial charge in [-0.1, -0.05) is 13.8 Å². The molecule has 1 aliphatic heterocycles. The third-order valence-electron chi connectivity index (χ3n) is 4.24.